The van der Waals surface area contributed by atoms with E-state index in [1.54, 1.807) is 0 Å². The second-order valence-corrected chi connectivity index (χ2v) is 8.86. The van der Waals surface area contributed by atoms with Crippen LogP contribution in [0.25, 0.3) is 0 Å². The van der Waals surface area contributed by atoms with Crippen LogP contribution in [0.15, 0.2) is 24.3 Å². The second-order valence-electron chi connectivity index (χ2n) is 8.86. The Morgan fingerprint density at radius 2 is 2.03 bits per heavy atom. The lowest BCUT2D eigenvalue weighted by Gasteiger charge is -2.29. The molecule has 1 unspecified atom stereocenters. The van der Waals surface area contributed by atoms with Crippen molar-refractivity contribution in [1.82, 2.24) is 15.1 Å². The summed E-state index contributed by atoms with van der Waals surface area (Å²) in [6.07, 6.45) is 1.42. The van der Waals surface area contributed by atoms with E-state index in [2.05, 4.69) is 35.4 Å². The van der Waals surface area contributed by atoms with Gasteiger partial charge in [-0.25, -0.2) is 0 Å². The molecule has 2 fully saturated rings. The van der Waals surface area contributed by atoms with E-state index >= 15 is 0 Å². The molecule has 32 heavy (non-hydrogen) atoms. The van der Waals surface area contributed by atoms with Gasteiger partial charge in [0.15, 0.2) is 0 Å². The van der Waals surface area contributed by atoms with Crippen molar-refractivity contribution in [3.05, 3.63) is 41.1 Å². The Balaban J connectivity index is 1.41. The normalized spacial score (nSPS) is 19.0. The third-order valence-electron chi connectivity index (χ3n) is 6.05. The maximum absolute atomic E-state index is 12.3. The molecule has 4 rings (SSSR count). The van der Waals surface area contributed by atoms with E-state index < -0.39 is 0 Å². The quantitative estimate of drug-likeness (QED) is 0.656. The molecule has 2 aromatic rings. The third kappa shape index (κ3) is 5.31. The van der Waals surface area contributed by atoms with Gasteiger partial charge in [-0.3, -0.25) is 9.48 Å². The highest BCUT2D eigenvalue weighted by Gasteiger charge is 2.25. The predicted octanol–water partition coefficient (Wildman–Crippen LogP) is 2.79. The van der Waals surface area contributed by atoms with E-state index in [-0.39, 0.29) is 12.0 Å². The molecular weight excluding hydrogens is 406 g/mol. The number of aromatic nitrogens is 2. The number of hydrogen-bond acceptors (Lipinski definition) is 6. The lowest BCUT2D eigenvalue weighted by molar-refractivity contribution is -0.124. The smallest absolute Gasteiger partial charge is 0.253 e. The van der Waals surface area contributed by atoms with Crippen LogP contribution in [-0.2, 0) is 34.4 Å². The zero-order valence-electron chi connectivity index (χ0n) is 19.4. The van der Waals surface area contributed by atoms with Crippen molar-refractivity contribution >= 4 is 17.4 Å². The molecule has 2 aliphatic rings. The molecule has 1 amide bonds. The molecule has 1 atom stereocenters. The Labute approximate surface area is 190 Å². The largest absolute Gasteiger partial charge is 0.378 e. The van der Waals surface area contributed by atoms with Crippen LogP contribution in [0, 0.1) is 0 Å². The molecule has 8 heteroatoms. The number of ether oxygens (including phenoxy) is 2. The van der Waals surface area contributed by atoms with Crippen LogP contribution in [0.1, 0.15) is 49.4 Å². The minimum absolute atomic E-state index is 0.0558. The van der Waals surface area contributed by atoms with Crippen LogP contribution in [0.4, 0.5) is 11.5 Å². The van der Waals surface area contributed by atoms with Crippen molar-refractivity contribution in [3.63, 3.8) is 0 Å². The second kappa shape index (κ2) is 10.5. The molecule has 2 saturated heterocycles. The molecule has 3 heterocycles. The van der Waals surface area contributed by atoms with Gasteiger partial charge in [0.2, 0.25) is 0 Å². The lowest BCUT2D eigenvalue weighted by Crippen LogP contribution is -2.38. The van der Waals surface area contributed by atoms with Gasteiger partial charge in [-0.2, -0.15) is 5.10 Å². The van der Waals surface area contributed by atoms with Crippen LogP contribution >= 0.6 is 0 Å². The number of carbonyl (C=O) groups excluding carboxylic acids is 1. The molecule has 0 bridgehead atoms. The molecule has 0 spiro atoms. The van der Waals surface area contributed by atoms with Crippen LogP contribution in [0.2, 0.25) is 0 Å². The summed E-state index contributed by atoms with van der Waals surface area (Å²) >= 11 is 0. The monoisotopic (exact) mass is 441 g/mol. The van der Waals surface area contributed by atoms with E-state index in [0.29, 0.717) is 19.1 Å². The summed E-state index contributed by atoms with van der Waals surface area (Å²) in [4.78, 5) is 14.7. The van der Waals surface area contributed by atoms with Gasteiger partial charge in [0, 0.05) is 51.1 Å². The number of morpholine rings is 1. The molecule has 1 aromatic heterocycles. The number of amides is 1. The molecule has 1 aromatic carbocycles. The number of hydrogen-bond donors (Lipinski definition) is 2. The van der Waals surface area contributed by atoms with Crippen LogP contribution in [0.3, 0.4) is 0 Å². The minimum Gasteiger partial charge on any atom is -0.378 e. The topological polar surface area (TPSA) is 80.7 Å². The first-order valence-corrected chi connectivity index (χ1v) is 11.6. The third-order valence-corrected chi connectivity index (χ3v) is 6.05. The molecule has 0 saturated carbocycles. The Morgan fingerprint density at radius 1 is 1.22 bits per heavy atom. The summed E-state index contributed by atoms with van der Waals surface area (Å²) in [5, 5.41) is 11.4. The fraction of sp³-hybridized carbons (Fsp3) is 0.583. The molecular formula is C24H35N5O3. The zero-order chi connectivity index (χ0) is 22.5. The van der Waals surface area contributed by atoms with Crippen molar-refractivity contribution in [2.24, 2.45) is 7.05 Å². The van der Waals surface area contributed by atoms with Crippen LogP contribution in [-0.4, -0.2) is 54.7 Å². The highest BCUT2D eigenvalue weighted by molar-refractivity contribution is 5.94. The van der Waals surface area contributed by atoms with Crippen molar-refractivity contribution in [3.8, 4) is 0 Å². The van der Waals surface area contributed by atoms with E-state index in [1.807, 2.05) is 29.9 Å². The van der Waals surface area contributed by atoms with E-state index in [0.717, 1.165) is 62.6 Å². The van der Waals surface area contributed by atoms with Crippen molar-refractivity contribution < 1.29 is 14.3 Å². The lowest BCUT2D eigenvalue weighted by atomic mass is 10.0. The van der Waals surface area contributed by atoms with Gasteiger partial charge in [0.1, 0.15) is 11.9 Å². The van der Waals surface area contributed by atoms with Crippen LogP contribution in [0.5, 0.6) is 0 Å². The number of carbonyl (C=O) groups is 1. The number of aryl methyl sites for hydroxylation is 1. The first-order valence-electron chi connectivity index (χ1n) is 11.6. The average molecular weight is 442 g/mol. The van der Waals surface area contributed by atoms with Crippen molar-refractivity contribution in [2.75, 3.05) is 43.1 Å². The number of anilines is 2. The molecule has 174 valence electrons. The van der Waals surface area contributed by atoms with E-state index in [1.165, 1.54) is 11.4 Å². The molecule has 2 aliphatic heterocycles. The maximum Gasteiger partial charge on any atom is 0.253 e. The first-order chi connectivity index (χ1) is 15.5. The Morgan fingerprint density at radius 3 is 2.75 bits per heavy atom. The molecule has 0 aliphatic carbocycles. The van der Waals surface area contributed by atoms with Gasteiger partial charge in [-0.05, 0) is 36.5 Å². The zero-order valence-corrected chi connectivity index (χ0v) is 19.4. The fourth-order valence-electron chi connectivity index (χ4n) is 4.48. The summed E-state index contributed by atoms with van der Waals surface area (Å²) in [7, 11) is 2.03. The minimum atomic E-state index is -0.324. The number of rotatable bonds is 8. The van der Waals surface area contributed by atoms with Gasteiger partial charge in [-0.1, -0.05) is 26.0 Å². The summed E-state index contributed by atoms with van der Waals surface area (Å²) in [5.74, 6) is 1.48. The molecule has 2 N–H and O–H groups in total. The van der Waals surface area contributed by atoms with E-state index in [9.17, 15) is 4.79 Å². The maximum atomic E-state index is 12.3. The van der Waals surface area contributed by atoms with E-state index in [4.69, 9.17) is 14.6 Å². The predicted molar refractivity (Wildman–Crippen MR) is 125 cm³/mol. The standard InChI is InChI=1S/C24H35N5O3/c1-17(2)22-20(24(28(3)27-22)29-9-12-31-13-10-29)16-25-15-18-6-4-7-19(14-18)26-23(30)21-8-5-11-32-21/h4,6-7,14,17,21,25H,5,8-13,15-16H2,1-3H3,(H,26,30). The Bertz CT molecular complexity index is 914. The molecule has 8 nitrogen and oxygen atoms in total. The highest BCUT2D eigenvalue weighted by Crippen LogP contribution is 2.29. The summed E-state index contributed by atoms with van der Waals surface area (Å²) in [6.45, 7) is 9.76. The summed E-state index contributed by atoms with van der Waals surface area (Å²) in [6, 6.07) is 8.00. The van der Waals surface area contributed by atoms with Crippen LogP contribution < -0.4 is 15.5 Å². The fourth-order valence-corrected chi connectivity index (χ4v) is 4.48. The molecule has 0 radical (unpaired) electrons. The summed E-state index contributed by atoms with van der Waals surface area (Å²) in [5.41, 5.74) is 4.33. The van der Waals surface area contributed by atoms with Gasteiger partial charge in [-0.15, -0.1) is 0 Å². The van der Waals surface area contributed by atoms with Gasteiger partial charge in [0.05, 0.1) is 18.9 Å². The Hall–Kier alpha value is -2.42. The van der Waals surface area contributed by atoms with Crippen molar-refractivity contribution in [2.45, 2.75) is 51.8 Å². The highest BCUT2D eigenvalue weighted by atomic mass is 16.5. The average Bonchev–Trinajstić information content (AvgIpc) is 3.43. The van der Waals surface area contributed by atoms with Gasteiger partial charge in [0.25, 0.3) is 5.91 Å². The number of nitrogens with zero attached hydrogens (tertiary/aromatic N) is 3. The summed E-state index contributed by atoms with van der Waals surface area (Å²) < 4.78 is 13.0. The number of benzene rings is 1. The van der Waals surface area contributed by atoms with Gasteiger partial charge >= 0.3 is 0 Å². The van der Waals surface area contributed by atoms with Gasteiger partial charge < -0.3 is 25.0 Å². The Kier molecular flexibility index (Phi) is 7.44. The first kappa shape index (κ1) is 22.8. The SMILES string of the molecule is CC(C)c1nn(C)c(N2CCOCC2)c1CNCc1cccc(NC(=O)C2CCCO2)c1. The van der Waals surface area contributed by atoms with Crippen molar-refractivity contribution in [1.29, 1.82) is 0 Å². The number of nitrogens with one attached hydrogen (secondary N) is 2.